The molecule has 16 nitrogen and oxygen atoms in total. The van der Waals surface area contributed by atoms with Gasteiger partial charge >= 0.3 is 0 Å². The van der Waals surface area contributed by atoms with Gasteiger partial charge < -0.3 is 20.4 Å². The van der Waals surface area contributed by atoms with Crippen molar-refractivity contribution >= 4 is 122 Å². The predicted octanol–water partition coefficient (Wildman–Crippen LogP) is 15.4. The monoisotopic (exact) mass is 1430 g/mol. The molecule has 0 bridgehead atoms. The highest BCUT2D eigenvalue weighted by atomic mass is 79.9. The van der Waals surface area contributed by atoms with Crippen LogP contribution in [0, 0.1) is 17.8 Å². The molecule has 0 saturated carbocycles. The van der Waals surface area contributed by atoms with E-state index in [-0.39, 0.29) is 25.2 Å². The zero-order valence-electron chi connectivity index (χ0n) is 51.5. The van der Waals surface area contributed by atoms with Crippen LogP contribution in [0.3, 0.4) is 0 Å². The van der Waals surface area contributed by atoms with Crippen LogP contribution < -0.4 is 10.6 Å². The van der Waals surface area contributed by atoms with Gasteiger partial charge in [0.25, 0.3) is 0 Å². The molecule has 0 spiro atoms. The van der Waals surface area contributed by atoms with Crippen LogP contribution >= 0.6 is 87.4 Å². The summed E-state index contributed by atoms with van der Waals surface area (Å²) >= 11 is 26.9. The zero-order valence-corrected chi connectivity index (χ0v) is 57.8. The van der Waals surface area contributed by atoms with Gasteiger partial charge in [-0.3, -0.25) is 15.0 Å². The molecular formula is C69H82BrCl3N10O6S3. The molecule has 5 saturated heterocycles. The molecule has 92 heavy (non-hydrogen) atoms. The number of nitrogens with one attached hydrogen (secondary N) is 2. The maximum Gasteiger partial charge on any atom is 0.121 e. The van der Waals surface area contributed by atoms with Gasteiger partial charge in [0.15, 0.2) is 0 Å². The summed E-state index contributed by atoms with van der Waals surface area (Å²) in [4.78, 5) is 33.9. The molecule has 14 rings (SSSR count). The Bertz CT molecular complexity index is 3500. The molecule has 8 heterocycles. The third-order valence-electron chi connectivity index (χ3n) is 18.7. The Balaban J connectivity index is 0.000000141. The van der Waals surface area contributed by atoms with Crippen LogP contribution in [-0.2, 0) is 27.7 Å². The van der Waals surface area contributed by atoms with Gasteiger partial charge in [-0.1, -0.05) is 88.5 Å². The first-order chi connectivity index (χ1) is 44.7. The van der Waals surface area contributed by atoms with E-state index < -0.39 is 0 Å². The second kappa shape index (κ2) is 33.7. The van der Waals surface area contributed by atoms with Gasteiger partial charge in [0.1, 0.15) is 36.7 Å². The summed E-state index contributed by atoms with van der Waals surface area (Å²) < 4.78 is 22.9. The Labute approximate surface area is 579 Å². The lowest BCUT2D eigenvalue weighted by molar-refractivity contribution is -0.164. The third kappa shape index (κ3) is 16.5. The molecule has 0 radical (unpaired) electrons. The third-order valence-corrected chi connectivity index (χ3v) is 22.3. The number of fused-ring (bicyclic) bond motifs is 6. The van der Waals surface area contributed by atoms with Crippen molar-refractivity contribution in [3.05, 3.63) is 192 Å². The van der Waals surface area contributed by atoms with Gasteiger partial charge in [-0.05, 0) is 169 Å². The standard InChI is InChI=1S/2C24H29ClN4O2S.C20H20BrClN2O2S.CH4/c1-30-31-32-29-11-6-17(7-12-29)23-20-5-4-19(25)15-18(20)16-22(28-13-9-26-10-14-28)21-3-2-8-27-24(21)23;1-30-31-32-29-11-6-17(7-12-29)23-20-5-4-19(25)16-21(20)22(28-13-9-26-10-14-28)15-18-3-2-8-27-24(18)23;1-25-26-27-24-9-6-13(7-10-24)19-16-5-4-15(22)11-14(16)12-18(21)17-3-2-8-23-20(17)19;/h2*2-5,8,15-17,23,26H,6-7,9-14H2,1H3;2-5,8,11-13,19H,6-7,9-10H2,1H3;1H4. The summed E-state index contributed by atoms with van der Waals surface area (Å²) in [6.45, 7) is 13.7. The lowest BCUT2D eigenvalue weighted by Gasteiger charge is -2.36. The van der Waals surface area contributed by atoms with E-state index in [0.29, 0.717) is 17.8 Å². The molecule has 0 amide bonds. The molecule has 23 heteroatoms. The van der Waals surface area contributed by atoms with E-state index in [1.54, 1.807) is 14.2 Å². The van der Waals surface area contributed by atoms with Crippen molar-refractivity contribution in [1.82, 2.24) is 48.3 Å². The molecule has 3 aromatic carbocycles. The Hall–Kier alpha value is -4.11. The number of benzene rings is 3. The first-order valence-corrected chi connectivity index (χ1v) is 35.5. The first-order valence-electron chi connectivity index (χ1n) is 31.5. The Morgan fingerprint density at radius 1 is 0.435 bits per heavy atom. The summed E-state index contributed by atoms with van der Waals surface area (Å²) in [5.74, 6) is 2.23. The van der Waals surface area contributed by atoms with Crippen molar-refractivity contribution in [1.29, 1.82) is 0 Å². The van der Waals surface area contributed by atoms with Crippen LogP contribution in [0.15, 0.2) is 110 Å². The fraction of sp³-hybridized carbons (Fsp3) is 0.435. The van der Waals surface area contributed by atoms with E-state index in [1.807, 2.05) is 48.9 Å². The van der Waals surface area contributed by atoms with E-state index >= 15 is 0 Å². The summed E-state index contributed by atoms with van der Waals surface area (Å²) in [5.41, 5.74) is 17.3. The summed E-state index contributed by atoms with van der Waals surface area (Å²) in [7, 11) is 4.61. The number of halogens is 4. The molecule has 3 atom stereocenters. The van der Waals surface area contributed by atoms with Gasteiger partial charge in [-0.15, -0.1) is 13.0 Å². The maximum atomic E-state index is 6.54. The number of piperazine rings is 2. The number of hydrogen-bond acceptors (Lipinski definition) is 19. The quantitative estimate of drug-likeness (QED) is 0.0463. The topological polar surface area (TPSA) is 134 Å². The molecule has 3 unspecified atom stereocenters. The molecule has 5 fully saturated rings. The average molecular weight is 1430 g/mol. The molecule has 490 valence electrons. The van der Waals surface area contributed by atoms with Gasteiger partial charge in [0.05, 0.1) is 38.4 Å². The van der Waals surface area contributed by atoms with Crippen LogP contribution in [0.5, 0.6) is 0 Å². The van der Waals surface area contributed by atoms with Gasteiger partial charge in [-0.2, -0.15) is 0 Å². The fourth-order valence-corrected chi connectivity index (χ4v) is 17.1. The number of aromatic nitrogens is 3. The number of rotatable bonds is 14. The van der Waals surface area contributed by atoms with E-state index in [2.05, 4.69) is 128 Å². The smallest absolute Gasteiger partial charge is 0.121 e. The van der Waals surface area contributed by atoms with Gasteiger partial charge in [0, 0.05) is 176 Å². The van der Waals surface area contributed by atoms with E-state index in [9.17, 15) is 0 Å². The number of pyridine rings is 3. The lowest BCUT2D eigenvalue weighted by atomic mass is 9.76. The molecule has 5 aliphatic heterocycles. The van der Waals surface area contributed by atoms with E-state index in [4.69, 9.17) is 77.4 Å². The highest BCUT2D eigenvalue weighted by molar-refractivity contribution is 9.15. The Kier molecular flexibility index (Phi) is 25.4. The van der Waals surface area contributed by atoms with Gasteiger partial charge in [-0.25, -0.2) is 27.6 Å². The van der Waals surface area contributed by atoms with Crippen molar-refractivity contribution in [3.8, 4) is 0 Å². The van der Waals surface area contributed by atoms with Crippen LogP contribution in [0.1, 0.15) is 131 Å². The first kappa shape index (κ1) is 69.2. The molecule has 3 aromatic heterocycles. The second-order valence-corrected chi connectivity index (χ2v) is 28.4. The largest absolute Gasteiger partial charge is 0.368 e. The molecule has 2 N–H and O–H groups in total. The highest BCUT2D eigenvalue weighted by Crippen LogP contribution is 2.50. The highest BCUT2D eigenvalue weighted by Gasteiger charge is 2.39. The Morgan fingerprint density at radius 2 is 0.815 bits per heavy atom. The average Bonchev–Trinajstić information content (AvgIpc) is 1.60. The normalized spacial score (nSPS) is 21.4. The van der Waals surface area contributed by atoms with Crippen LogP contribution in [-0.4, -0.2) is 151 Å². The summed E-state index contributed by atoms with van der Waals surface area (Å²) in [6.07, 6.45) is 19.0. The minimum Gasteiger partial charge on any atom is -0.368 e. The van der Waals surface area contributed by atoms with Gasteiger partial charge in [0.2, 0.25) is 0 Å². The maximum absolute atomic E-state index is 6.54. The molecule has 6 aromatic rings. The minimum absolute atomic E-state index is 0. The van der Waals surface area contributed by atoms with E-state index in [0.717, 1.165) is 167 Å². The fourth-order valence-electron chi connectivity index (χ4n) is 14.4. The van der Waals surface area contributed by atoms with Crippen molar-refractivity contribution < 1.29 is 27.7 Å². The van der Waals surface area contributed by atoms with Crippen LogP contribution in [0.25, 0.3) is 34.1 Å². The number of piperidine rings is 3. The van der Waals surface area contributed by atoms with Crippen molar-refractivity contribution in [2.45, 2.75) is 63.7 Å². The van der Waals surface area contributed by atoms with E-state index in [1.165, 1.54) is 106 Å². The molecule has 8 aliphatic rings. The van der Waals surface area contributed by atoms with Crippen molar-refractivity contribution in [2.24, 2.45) is 17.8 Å². The molecular weight excluding hydrogens is 1350 g/mol. The van der Waals surface area contributed by atoms with Crippen LogP contribution in [0.2, 0.25) is 15.1 Å². The second-order valence-electron chi connectivity index (χ2n) is 23.8. The van der Waals surface area contributed by atoms with Crippen molar-refractivity contribution in [3.63, 3.8) is 0 Å². The lowest BCUT2D eigenvalue weighted by Crippen LogP contribution is -2.42. The predicted molar refractivity (Wildman–Crippen MR) is 381 cm³/mol. The van der Waals surface area contributed by atoms with Crippen LogP contribution in [0.4, 0.5) is 0 Å². The molecule has 3 aliphatic carbocycles. The Morgan fingerprint density at radius 3 is 1.29 bits per heavy atom. The van der Waals surface area contributed by atoms with Crippen molar-refractivity contribution in [2.75, 3.05) is 113 Å². The zero-order chi connectivity index (χ0) is 62.6. The summed E-state index contributed by atoms with van der Waals surface area (Å²) in [5, 5.41) is 9.26. The number of nitrogens with zero attached hydrogens (tertiary/aromatic N) is 8. The minimum atomic E-state index is 0. The summed E-state index contributed by atoms with van der Waals surface area (Å²) in [6, 6.07) is 31.7. The SMILES string of the molecule is C.COOSN1CCC(C2c3ccc(Cl)cc3C(N3CCNCC3)=Cc3cccnc32)CC1.COOSN1CCC(C2c3ccc(Cl)cc3C=C(Br)c3cccnc32)CC1.COOSN1CCC(C2c3ccc(Cl)cc3C=C(N3CCNCC3)c3cccnc32)CC1. The number of hydrogen-bond donors (Lipinski definition) is 2.